The van der Waals surface area contributed by atoms with Crippen molar-refractivity contribution in [3.63, 3.8) is 0 Å². The zero-order valence-electron chi connectivity index (χ0n) is 17.1. The standard InChI is InChI=1S/C21H29N3O3S/c1-5-24(16-6-8-27-9-7-16)21-14(3)18(12-28-21)20(26)22-11-17-15(4)23-13(2)10-19(17)25/h12,16H,5-11H2,1-4H3,(H,22,26). The minimum absolute atomic E-state index is 0.0460. The van der Waals surface area contributed by atoms with Gasteiger partial charge in [-0.1, -0.05) is 0 Å². The van der Waals surface area contributed by atoms with Crippen LogP contribution in [0.4, 0.5) is 5.00 Å². The lowest BCUT2D eigenvalue weighted by molar-refractivity contribution is -0.114. The molecule has 1 N–H and O–H groups in total. The summed E-state index contributed by atoms with van der Waals surface area (Å²) < 4.78 is 5.49. The van der Waals surface area contributed by atoms with Gasteiger partial charge in [-0.15, -0.1) is 11.3 Å². The molecular weight excluding hydrogens is 374 g/mol. The van der Waals surface area contributed by atoms with Crippen LogP contribution in [0.25, 0.3) is 0 Å². The second kappa shape index (κ2) is 9.01. The fraction of sp³-hybridized carbons (Fsp3) is 0.571. The first kappa shape index (κ1) is 20.7. The van der Waals surface area contributed by atoms with Crippen molar-refractivity contribution < 1.29 is 14.3 Å². The van der Waals surface area contributed by atoms with Crippen LogP contribution in [0.1, 0.15) is 56.0 Å². The van der Waals surface area contributed by atoms with Crippen LogP contribution >= 0.6 is 11.3 Å². The Balaban J connectivity index is 1.71. The number of aliphatic imine (C=N–C) groups is 1. The van der Waals surface area contributed by atoms with Crippen molar-refractivity contribution >= 4 is 33.7 Å². The summed E-state index contributed by atoms with van der Waals surface area (Å²) in [7, 11) is 0. The molecule has 0 saturated carbocycles. The monoisotopic (exact) mass is 403 g/mol. The zero-order chi connectivity index (χ0) is 20.3. The van der Waals surface area contributed by atoms with Gasteiger partial charge in [-0.2, -0.15) is 0 Å². The second-order valence-electron chi connectivity index (χ2n) is 7.40. The van der Waals surface area contributed by atoms with Gasteiger partial charge in [-0.05, 0) is 46.1 Å². The number of ether oxygens (including phenoxy) is 1. The Morgan fingerprint density at radius 2 is 2.04 bits per heavy atom. The number of ketones is 1. The second-order valence-corrected chi connectivity index (χ2v) is 8.26. The Morgan fingerprint density at radius 1 is 1.32 bits per heavy atom. The number of carbonyl (C=O) groups excluding carboxylic acids is 2. The van der Waals surface area contributed by atoms with Gasteiger partial charge in [-0.3, -0.25) is 14.6 Å². The van der Waals surface area contributed by atoms with Gasteiger partial charge in [0, 0.05) is 61.1 Å². The van der Waals surface area contributed by atoms with Crippen LogP contribution in [0, 0.1) is 6.92 Å². The van der Waals surface area contributed by atoms with Gasteiger partial charge in [0.05, 0.1) is 10.6 Å². The molecule has 0 spiro atoms. The number of hydrogen-bond donors (Lipinski definition) is 1. The Labute approximate surface area is 170 Å². The minimum Gasteiger partial charge on any atom is -0.381 e. The van der Waals surface area contributed by atoms with E-state index in [2.05, 4.69) is 22.1 Å². The number of carbonyl (C=O) groups is 2. The number of Topliss-reactive ketones (excluding diaryl/α,β-unsaturated/α-hetero) is 1. The van der Waals surface area contributed by atoms with Crippen molar-refractivity contribution in [2.24, 2.45) is 4.99 Å². The molecule has 1 aromatic rings. The molecule has 0 unspecified atom stereocenters. The lowest BCUT2D eigenvalue weighted by atomic mass is 10.0. The predicted molar refractivity (Wildman–Crippen MR) is 114 cm³/mol. The van der Waals surface area contributed by atoms with Crippen LogP contribution in [0.2, 0.25) is 0 Å². The summed E-state index contributed by atoms with van der Waals surface area (Å²) >= 11 is 1.62. The van der Waals surface area contributed by atoms with Crippen molar-refractivity contribution in [1.82, 2.24) is 5.32 Å². The molecule has 0 aromatic carbocycles. The van der Waals surface area contributed by atoms with Crippen LogP contribution in [0.15, 0.2) is 21.6 Å². The third-order valence-corrected chi connectivity index (χ3v) is 6.58. The van der Waals surface area contributed by atoms with Crippen molar-refractivity contribution in [1.29, 1.82) is 0 Å². The summed E-state index contributed by atoms with van der Waals surface area (Å²) in [6.45, 7) is 10.6. The molecule has 0 aliphatic carbocycles. The first-order chi connectivity index (χ1) is 13.4. The minimum atomic E-state index is -0.137. The zero-order valence-corrected chi connectivity index (χ0v) is 17.9. The molecule has 152 valence electrons. The lowest BCUT2D eigenvalue weighted by Crippen LogP contribution is -2.39. The van der Waals surface area contributed by atoms with Crippen molar-refractivity contribution in [2.75, 3.05) is 31.2 Å². The first-order valence-electron chi connectivity index (χ1n) is 9.90. The van der Waals surface area contributed by atoms with Gasteiger partial charge in [0.25, 0.3) is 5.91 Å². The highest BCUT2D eigenvalue weighted by Crippen LogP contribution is 2.34. The molecule has 1 amide bonds. The van der Waals surface area contributed by atoms with E-state index in [1.165, 1.54) is 0 Å². The molecule has 0 bridgehead atoms. The maximum atomic E-state index is 12.8. The van der Waals surface area contributed by atoms with Crippen LogP contribution in [0.5, 0.6) is 0 Å². The highest BCUT2D eigenvalue weighted by Gasteiger charge is 2.26. The van der Waals surface area contributed by atoms with Crippen molar-refractivity contribution in [3.8, 4) is 0 Å². The van der Waals surface area contributed by atoms with E-state index in [1.54, 1.807) is 11.3 Å². The summed E-state index contributed by atoms with van der Waals surface area (Å²) in [6, 6.07) is 0.459. The molecular formula is C21H29N3O3S. The summed E-state index contributed by atoms with van der Waals surface area (Å²) in [4.78, 5) is 31.8. The van der Waals surface area contributed by atoms with E-state index < -0.39 is 0 Å². The van der Waals surface area contributed by atoms with E-state index in [1.807, 2.05) is 26.2 Å². The fourth-order valence-electron chi connectivity index (χ4n) is 3.90. The summed E-state index contributed by atoms with van der Waals surface area (Å²) in [5.41, 5.74) is 3.82. The highest BCUT2D eigenvalue weighted by molar-refractivity contribution is 7.14. The summed E-state index contributed by atoms with van der Waals surface area (Å²) in [6.07, 6.45) is 2.37. The lowest BCUT2D eigenvalue weighted by Gasteiger charge is -2.34. The number of thiophene rings is 1. The Bertz CT molecular complexity index is 819. The third kappa shape index (κ3) is 4.36. The Kier molecular flexibility index (Phi) is 6.67. The number of nitrogens with zero attached hydrogens (tertiary/aromatic N) is 2. The smallest absolute Gasteiger partial charge is 0.252 e. The molecule has 6 nitrogen and oxygen atoms in total. The summed E-state index contributed by atoms with van der Waals surface area (Å²) in [5.74, 6) is -0.0906. The average molecular weight is 404 g/mol. The topological polar surface area (TPSA) is 71.0 Å². The van der Waals surface area contributed by atoms with E-state index in [0.717, 1.165) is 48.9 Å². The Morgan fingerprint density at radius 3 is 2.68 bits per heavy atom. The molecule has 2 aliphatic heterocycles. The summed E-state index contributed by atoms with van der Waals surface area (Å²) in [5, 5.41) is 6.00. The molecule has 0 atom stereocenters. The molecule has 0 radical (unpaired) electrons. The fourth-order valence-corrected chi connectivity index (χ4v) is 5.12. The predicted octanol–water partition coefficient (Wildman–Crippen LogP) is 3.50. The maximum absolute atomic E-state index is 12.8. The van der Waals surface area contributed by atoms with Crippen molar-refractivity contribution in [3.05, 3.63) is 27.8 Å². The molecule has 1 saturated heterocycles. The molecule has 3 rings (SSSR count). The first-order valence-corrected chi connectivity index (χ1v) is 10.8. The molecule has 28 heavy (non-hydrogen) atoms. The van der Waals surface area contributed by atoms with Gasteiger partial charge in [0.2, 0.25) is 0 Å². The number of nitrogens with one attached hydrogen (secondary N) is 1. The van der Waals surface area contributed by atoms with Crippen LogP contribution in [-0.2, 0) is 9.53 Å². The van der Waals surface area contributed by atoms with Gasteiger partial charge < -0.3 is 15.0 Å². The molecule has 1 fully saturated rings. The van der Waals surface area contributed by atoms with E-state index in [9.17, 15) is 9.59 Å². The Hall–Kier alpha value is -1.99. The number of rotatable bonds is 6. The molecule has 1 aromatic heterocycles. The molecule has 7 heteroatoms. The van der Waals surface area contributed by atoms with E-state index in [4.69, 9.17) is 4.74 Å². The number of amides is 1. The largest absolute Gasteiger partial charge is 0.381 e. The number of hydrogen-bond acceptors (Lipinski definition) is 6. The van der Waals surface area contributed by atoms with Gasteiger partial charge in [0.15, 0.2) is 5.78 Å². The van der Waals surface area contributed by atoms with Gasteiger partial charge in [-0.25, -0.2) is 0 Å². The third-order valence-electron chi connectivity index (χ3n) is 5.46. The normalized spacial score (nSPS) is 18.3. The van der Waals surface area contributed by atoms with E-state index in [0.29, 0.717) is 29.3 Å². The van der Waals surface area contributed by atoms with E-state index in [-0.39, 0.29) is 18.2 Å². The maximum Gasteiger partial charge on any atom is 0.252 e. The van der Waals surface area contributed by atoms with Gasteiger partial charge in [0.1, 0.15) is 0 Å². The van der Waals surface area contributed by atoms with Crippen LogP contribution in [0.3, 0.4) is 0 Å². The van der Waals surface area contributed by atoms with Crippen LogP contribution in [-0.4, -0.2) is 49.7 Å². The van der Waals surface area contributed by atoms with E-state index >= 15 is 0 Å². The van der Waals surface area contributed by atoms with Crippen molar-refractivity contribution in [2.45, 2.75) is 53.0 Å². The molecule has 2 aliphatic rings. The quantitative estimate of drug-likeness (QED) is 0.789. The SMILES string of the molecule is CCN(c1scc(C(=O)NCC2=C(C)N=C(C)CC2=O)c1C)C1CCOCC1. The number of allylic oxidation sites excluding steroid dienone is 1. The number of anilines is 1. The molecule has 3 heterocycles. The average Bonchev–Trinajstić information content (AvgIpc) is 3.04. The highest BCUT2D eigenvalue weighted by atomic mass is 32.1. The van der Waals surface area contributed by atoms with Gasteiger partial charge >= 0.3 is 0 Å². The van der Waals surface area contributed by atoms with Crippen LogP contribution < -0.4 is 10.2 Å².